The van der Waals surface area contributed by atoms with Crippen LogP contribution in [-0.4, -0.2) is 15.8 Å². The first-order valence-corrected chi connectivity index (χ1v) is 9.85. The highest BCUT2D eigenvalue weighted by Crippen LogP contribution is 2.36. The molecule has 0 unspecified atom stereocenters. The van der Waals surface area contributed by atoms with Crippen molar-refractivity contribution in [1.82, 2.24) is 0 Å². The van der Waals surface area contributed by atoms with E-state index < -0.39 is 21.3 Å². The molecule has 10 nitrogen and oxygen atoms in total. The van der Waals surface area contributed by atoms with Crippen molar-refractivity contribution in [3.8, 4) is 17.4 Å². The zero-order valence-electron chi connectivity index (χ0n) is 16.0. The number of nitro benzene ring substituents is 2. The lowest BCUT2D eigenvalue weighted by atomic mass is 10.1. The van der Waals surface area contributed by atoms with Crippen LogP contribution >= 0.6 is 34.8 Å². The number of carbonyl (C=O) groups is 1. The number of furan rings is 1. The van der Waals surface area contributed by atoms with Crippen molar-refractivity contribution in [1.29, 1.82) is 5.26 Å². The third kappa shape index (κ3) is 5.30. The minimum atomic E-state index is -0.912. The van der Waals surface area contributed by atoms with E-state index in [2.05, 4.69) is 5.32 Å². The number of carbonyl (C=O) groups excluding carboxylic acids is 1. The van der Waals surface area contributed by atoms with Crippen molar-refractivity contribution in [2.45, 2.75) is 0 Å². The molecule has 0 saturated carbocycles. The van der Waals surface area contributed by atoms with E-state index in [9.17, 15) is 30.3 Å². The Hall–Kier alpha value is -3.91. The highest BCUT2D eigenvalue weighted by Gasteiger charge is 2.21. The van der Waals surface area contributed by atoms with Crippen molar-refractivity contribution in [2.24, 2.45) is 0 Å². The molecular formula is C20H9Cl3N4O6. The van der Waals surface area contributed by atoms with E-state index in [1.54, 1.807) is 6.07 Å². The molecule has 2 aromatic carbocycles. The molecule has 0 radical (unpaired) electrons. The van der Waals surface area contributed by atoms with Crippen LogP contribution in [0, 0.1) is 31.6 Å². The molecule has 1 amide bonds. The molecule has 3 rings (SSSR count). The van der Waals surface area contributed by atoms with Crippen LogP contribution in [0.3, 0.4) is 0 Å². The predicted octanol–water partition coefficient (Wildman–Crippen LogP) is 6.27. The fourth-order valence-corrected chi connectivity index (χ4v) is 3.43. The van der Waals surface area contributed by atoms with Crippen LogP contribution in [0.4, 0.5) is 17.1 Å². The summed E-state index contributed by atoms with van der Waals surface area (Å²) in [5, 5.41) is 33.6. The van der Waals surface area contributed by atoms with Crippen molar-refractivity contribution in [3.63, 3.8) is 0 Å². The van der Waals surface area contributed by atoms with E-state index >= 15 is 0 Å². The molecule has 1 heterocycles. The number of nitriles is 1. The highest BCUT2D eigenvalue weighted by atomic mass is 35.5. The fraction of sp³-hybridized carbons (Fsp3) is 0. The van der Waals surface area contributed by atoms with E-state index in [-0.39, 0.29) is 49.2 Å². The van der Waals surface area contributed by atoms with E-state index in [1.807, 2.05) is 0 Å². The number of hydrogen-bond acceptors (Lipinski definition) is 7. The third-order valence-corrected chi connectivity index (χ3v) is 5.01. The number of nitrogens with zero attached hydrogens (tertiary/aromatic N) is 3. The largest absolute Gasteiger partial charge is 0.456 e. The quantitative estimate of drug-likeness (QED) is 0.178. The molecule has 0 aliphatic heterocycles. The Morgan fingerprint density at radius 1 is 1.03 bits per heavy atom. The molecule has 0 atom stereocenters. The van der Waals surface area contributed by atoms with Crippen LogP contribution in [0.25, 0.3) is 17.4 Å². The van der Waals surface area contributed by atoms with Crippen LogP contribution in [-0.2, 0) is 4.79 Å². The molecule has 0 bridgehead atoms. The second-order valence-corrected chi connectivity index (χ2v) is 7.54. The number of nitro groups is 2. The lowest BCUT2D eigenvalue weighted by molar-refractivity contribution is -0.384. The van der Waals surface area contributed by atoms with E-state index in [0.717, 1.165) is 18.2 Å². The van der Waals surface area contributed by atoms with Gasteiger partial charge in [-0.3, -0.25) is 25.0 Å². The predicted molar refractivity (Wildman–Crippen MR) is 121 cm³/mol. The van der Waals surface area contributed by atoms with Gasteiger partial charge in [0.25, 0.3) is 17.3 Å². The Morgan fingerprint density at radius 3 is 2.27 bits per heavy atom. The number of nitrogens with one attached hydrogen (secondary N) is 1. The molecule has 0 aliphatic carbocycles. The third-order valence-electron chi connectivity index (χ3n) is 4.18. The number of anilines is 1. The van der Waals surface area contributed by atoms with Crippen LogP contribution in [0.2, 0.25) is 15.1 Å². The number of non-ortho nitro benzene ring substituents is 1. The van der Waals surface area contributed by atoms with Gasteiger partial charge in [0.2, 0.25) is 0 Å². The summed E-state index contributed by atoms with van der Waals surface area (Å²) < 4.78 is 5.54. The lowest BCUT2D eigenvalue weighted by Crippen LogP contribution is -2.14. The Balaban J connectivity index is 1.90. The van der Waals surface area contributed by atoms with Crippen molar-refractivity contribution < 1.29 is 19.1 Å². The minimum absolute atomic E-state index is 0.0573. The molecule has 166 valence electrons. The smallest absolute Gasteiger partial charge is 0.281 e. The van der Waals surface area contributed by atoms with Crippen LogP contribution in [0.15, 0.2) is 52.5 Å². The van der Waals surface area contributed by atoms with Crippen LogP contribution < -0.4 is 5.32 Å². The number of halogens is 3. The van der Waals surface area contributed by atoms with Crippen LogP contribution in [0.5, 0.6) is 0 Å². The van der Waals surface area contributed by atoms with Gasteiger partial charge in [0.1, 0.15) is 23.2 Å². The number of amides is 1. The summed E-state index contributed by atoms with van der Waals surface area (Å²) in [6.45, 7) is 0. The highest BCUT2D eigenvalue weighted by molar-refractivity contribution is 6.40. The molecule has 1 aromatic heterocycles. The molecule has 13 heteroatoms. The monoisotopic (exact) mass is 506 g/mol. The lowest BCUT2D eigenvalue weighted by Gasteiger charge is -2.08. The van der Waals surface area contributed by atoms with Gasteiger partial charge in [0.15, 0.2) is 0 Å². The average Bonchev–Trinajstić information content (AvgIpc) is 3.22. The number of rotatable bonds is 6. The number of hydrogen-bond donors (Lipinski definition) is 1. The summed E-state index contributed by atoms with van der Waals surface area (Å²) in [4.78, 5) is 33.4. The first kappa shape index (κ1) is 23.7. The van der Waals surface area contributed by atoms with Crippen LogP contribution in [0.1, 0.15) is 5.76 Å². The van der Waals surface area contributed by atoms with Gasteiger partial charge in [-0.2, -0.15) is 5.26 Å². The first-order chi connectivity index (χ1) is 15.6. The second-order valence-electron chi connectivity index (χ2n) is 6.29. The summed E-state index contributed by atoms with van der Waals surface area (Å²) >= 11 is 17.7. The molecular weight excluding hydrogens is 499 g/mol. The average molecular weight is 508 g/mol. The Labute approximate surface area is 199 Å². The topological polar surface area (TPSA) is 152 Å². The van der Waals surface area contributed by atoms with Crippen molar-refractivity contribution >= 4 is 63.8 Å². The minimum Gasteiger partial charge on any atom is -0.456 e. The van der Waals surface area contributed by atoms with Gasteiger partial charge in [-0.25, -0.2) is 0 Å². The summed E-state index contributed by atoms with van der Waals surface area (Å²) in [7, 11) is 0. The SMILES string of the molecule is N#C/C(=C\c1ccc(-c2ccc(Cl)cc2[N+](=O)[O-])o1)C(=O)Nc1c(Cl)cc([N+](=O)[O-])cc1Cl. The standard InChI is InChI=1S/C20H9Cl3N4O6/c21-11-1-3-14(17(6-11)27(31)32)18-4-2-13(33-18)5-10(9-24)20(28)25-19-15(22)7-12(26(29)30)8-16(19)23/h1-8H,(H,25,28)/b10-5+. The zero-order valence-corrected chi connectivity index (χ0v) is 18.3. The normalized spacial score (nSPS) is 11.0. The van der Waals surface area contributed by atoms with E-state index in [0.29, 0.717) is 0 Å². The van der Waals surface area contributed by atoms with Gasteiger partial charge in [-0.05, 0) is 24.3 Å². The summed E-state index contributed by atoms with van der Waals surface area (Å²) in [6.07, 6.45) is 1.10. The fourth-order valence-electron chi connectivity index (χ4n) is 2.70. The maximum Gasteiger partial charge on any atom is 0.281 e. The number of benzene rings is 2. The molecule has 33 heavy (non-hydrogen) atoms. The van der Waals surface area contributed by atoms with Gasteiger partial charge < -0.3 is 9.73 Å². The summed E-state index contributed by atoms with van der Waals surface area (Å²) in [5.74, 6) is -0.740. The maximum absolute atomic E-state index is 12.5. The zero-order chi connectivity index (χ0) is 24.3. The van der Waals surface area contributed by atoms with E-state index in [4.69, 9.17) is 39.2 Å². The van der Waals surface area contributed by atoms with Gasteiger partial charge in [-0.1, -0.05) is 34.8 Å². The molecule has 0 spiro atoms. The molecule has 0 saturated heterocycles. The van der Waals surface area contributed by atoms with Gasteiger partial charge in [0.05, 0.1) is 31.1 Å². The summed E-state index contributed by atoms with van der Waals surface area (Å²) in [6, 6.07) is 10.5. The van der Waals surface area contributed by atoms with Gasteiger partial charge in [0, 0.05) is 29.3 Å². The molecule has 0 fully saturated rings. The molecule has 1 N–H and O–H groups in total. The Bertz CT molecular complexity index is 1350. The van der Waals surface area contributed by atoms with Crippen molar-refractivity contribution in [3.05, 3.63) is 89.1 Å². The molecule has 0 aliphatic rings. The Kier molecular flexibility index (Phi) is 6.98. The van der Waals surface area contributed by atoms with Gasteiger partial charge >= 0.3 is 0 Å². The van der Waals surface area contributed by atoms with Gasteiger partial charge in [-0.15, -0.1) is 0 Å². The first-order valence-electron chi connectivity index (χ1n) is 8.71. The molecule has 3 aromatic rings. The second kappa shape index (κ2) is 9.70. The van der Waals surface area contributed by atoms with E-state index in [1.165, 1.54) is 30.3 Å². The van der Waals surface area contributed by atoms with Crippen molar-refractivity contribution in [2.75, 3.05) is 5.32 Å². The maximum atomic E-state index is 12.5. The summed E-state index contributed by atoms with van der Waals surface area (Å²) in [5.41, 5.74) is -1.04. The Morgan fingerprint density at radius 2 is 1.70 bits per heavy atom.